The van der Waals surface area contributed by atoms with Crippen molar-refractivity contribution in [1.29, 1.82) is 0 Å². The van der Waals surface area contributed by atoms with Gasteiger partial charge in [-0.05, 0) is 32.9 Å². The summed E-state index contributed by atoms with van der Waals surface area (Å²) in [4.78, 5) is 22.6. The summed E-state index contributed by atoms with van der Waals surface area (Å²) in [5.74, 6) is 0. The van der Waals surface area contributed by atoms with Gasteiger partial charge in [0.05, 0.1) is 16.3 Å². The Bertz CT molecular complexity index is 769. The number of benzene rings is 2. The van der Waals surface area contributed by atoms with Gasteiger partial charge >= 0.3 is 6.09 Å². The van der Waals surface area contributed by atoms with Crippen LogP contribution in [-0.2, 0) is 11.3 Å². The van der Waals surface area contributed by atoms with E-state index in [4.69, 9.17) is 4.74 Å². The van der Waals surface area contributed by atoms with Gasteiger partial charge in [-0.15, -0.1) is 0 Å². The number of nitro benzene ring substituents is 1. The molecule has 0 aliphatic carbocycles. The lowest BCUT2D eigenvalue weighted by Crippen LogP contribution is -2.27. The van der Waals surface area contributed by atoms with E-state index in [-0.39, 0.29) is 12.2 Å². The first kappa shape index (κ1) is 18.3. The van der Waals surface area contributed by atoms with Crippen molar-refractivity contribution in [2.75, 3.05) is 10.6 Å². The summed E-state index contributed by atoms with van der Waals surface area (Å²) in [5, 5.41) is 16.9. The van der Waals surface area contributed by atoms with E-state index in [1.807, 2.05) is 6.07 Å². The average molecular weight is 343 g/mol. The molecule has 2 aromatic rings. The van der Waals surface area contributed by atoms with Crippen LogP contribution >= 0.6 is 0 Å². The van der Waals surface area contributed by atoms with E-state index in [1.165, 1.54) is 6.07 Å². The van der Waals surface area contributed by atoms with Gasteiger partial charge in [-0.1, -0.05) is 30.3 Å². The molecule has 0 saturated heterocycles. The molecule has 0 aliphatic rings. The topological polar surface area (TPSA) is 93.5 Å². The first-order valence-electron chi connectivity index (χ1n) is 7.81. The van der Waals surface area contributed by atoms with Gasteiger partial charge in [0.15, 0.2) is 0 Å². The molecule has 2 N–H and O–H groups in total. The molecule has 0 bridgehead atoms. The van der Waals surface area contributed by atoms with Gasteiger partial charge in [-0.2, -0.15) is 0 Å². The Balaban J connectivity index is 2.11. The van der Waals surface area contributed by atoms with E-state index in [9.17, 15) is 14.9 Å². The average Bonchev–Trinajstić information content (AvgIpc) is 2.52. The molecule has 0 aromatic heterocycles. The standard InChI is InChI=1S/C18H21N3O4/c1-18(2,3)25-17(22)20-15-10-6-5-9-14(15)19-12-13-8-4-7-11-16(13)21(23)24/h4-11,19H,12H2,1-3H3,(H,20,22). The lowest BCUT2D eigenvalue weighted by Gasteiger charge is -2.20. The highest BCUT2D eigenvalue weighted by Gasteiger charge is 2.17. The minimum Gasteiger partial charge on any atom is -0.444 e. The fourth-order valence-corrected chi connectivity index (χ4v) is 2.19. The summed E-state index contributed by atoms with van der Waals surface area (Å²) in [6.07, 6.45) is -0.563. The van der Waals surface area contributed by atoms with Gasteiger partial charge < -0.3 is 10.1 Å². The lowest BCUT2D eigenvalue weighted by molar-refractivity contribution is -0.385. The maximum absolute atomic E-state index is 11.9. The van der Waals surface area contributed by atoms with Crippen LogP contribution in [0.4, 0.5) is 21.9 Å². The van der Waals surface area contributed by atoms with Crippen molar-refractivity contribution in [1.82, 2.24) is 0 Å². The Morgan fingerprint density at radius 3 is 2.32 bits per heavy atom. The fourth-order valence-electron chi connectivity index (χ4n) is 2.19. The molecule has 2 rings (SSSR count). The zero-order valence-corrected chi connectivity index (χ0v) is 14.4. The van der Waals surface area contributed by atoms with Gasteiger partial charge in [-0.25, -0.2) is 4.79 Å². The molecule has 0 fully saturated rings. The molecule has 132 valence electrons. The SMILES string of the molecule is CC(C)(C)OC(=O)Nc1ccccc1NCc1ccccc1[N+](=O)[O-]. The number of anilines is 2. The van der Waals surface area contributed by atoms with Crippen molar-refractivity contribution >= 4 is 23.2 Å². The molecule has 0 saturated carbocycles. The molecule has 0 atom stereocenters. The third-order valence-corrected chi connectivity index (χ3v) is 3.22. The minimum atomic E-state index is -0.600. The second kappa shape index (κ2) is 7.65. The molecule has 1 amide bonds. The normalized spacial score (nSPS) is 10.8. The molecular weight excluding hydrogens is 322 g/mol. The zero-order chi connectivity index (χ0) is 18.4. The van der Waals surface area contributed by atoms with Gasteiger partial charge in [0.2, 0.25) is 0 Å². The third-order valence-electron chi connectivity index (χ3n) is 3.22. The first-order valence-corrected chi connectivity index (χ1v) is 7.81. The van der Waals surface area contributed by atoms with Crippen LogP contribution < -0.4 is 10.6 Å². The molecule has 7 nitrogen and oxygen atoms in total. The van der Waals surface area contributed by atoms with E-state index in [0.717, 1.165) is 0 Å². The van der Waals surface area contributed by atoms with Gasteiger partial charge in [0, 0.05) is 18.2 Å². The molecule has 0 unspecified atom stereocenters. The number of carbonyl (C=O) groups is 1. The van der Waals surface area contributed by atoms with Crippen LogP contribution in [0.5, 0.6) is 0 Å². The number of nitrogens with one attached hydrogen (secondary N) is 2. The molecule has 7 heteroatoms. The molecule has 0 heterocycles. The zero-order valence-electron chi connectivity index (χ0n) is 14.4. The highest BCUT2D eigenvalue weighted by molar-refractivity contribution is 5.89. The Labute approximate surface area is 146 Å². The number of hydrogen-bond donors (Lipinski definition) is 2. The van der Waals surface area contributed by atoms with Gasteiger partial charge in [0.25, 0.3) is 5.69 Å². The third kappa shape index (κ3) is 5.49. The van der Waals surface area contributed by atoms with Gasteiger partial charge in [0.1, 0.15) is 5.60 Å². The van der Waals surface area contributed by atoms with E-state index in [0.29, 0.717) is 16.9 Å². The predicted octanol–water partition coefficient (Wildman–Crippen LogP) is 4.55. The molecule has 0 spiro atoms. The first-order chi connectivity index (χ1) is 11.8. The van der Waals surface area contributed by atoms with Crippen molar-refractivity contribution in [2.24, 2.45) is 0 Å². The molecule has 0 aliphatic heterocycles. The monoisotopic (exact) mass is 343 g/mol. The number of nitrogens with zero attached hydrogens (tertiary/aromatic N) is 1. The number of hydrogen-bond acceptors (Lipinski definition) is 5. The predicted molar refractivity (Wildman–Crippen MR) is 96.7 cm³/mol. The Hall–Kier alpha value is -3.09. The number of ether oxygens (including phenoxy) is 1. The number of carbonyl (C=O) groups excluding carboxylic acids is 1. The highest BCUT2D eigenvalue weighted by Crippen LogP contribution is 2.24. The van der Waals surface area contributed by atoms with Crippen molar-refractivity contribution in [2.45, 2.75) is 32.9 Å². The quantitative estimate of drug-likeness (QED) is 0.613. The Morgan fingerprint density at radius 2 is 1.68 bits per heavy atom. The summed E-state index contributed by atoms with van der Waals surface area (Å²) in [6.45, 7) is 5.60. The largest absolute Gasteiger partial charge is 0.444 e. The fraction of sp³-hybridized carbons (Fsp3) is 0.278. The maximum Gasteiger partial charge on any atom is 0.412 e. The number of nitro groups is 1. The number of para-hydroxylation sites is 3. The van der Waals surface area contributed by atoms with Gasteiger partial charge in [-0.3, -0.25) is 15.4 Å². The highest BCUT2D eigenvalue weighted by atomic mass is 16.6. The van der Waals surface area contributed by atoms with Crippen LogP contribution in [-0.4, -0.2) is 16.6 Å². The summed E-state index contributed by atoms with van der Waals surface area (Å²) >= 11 is 0. The smallest absolute Gasteiger partial charge is 0.412 e. The number of rotatable bonds is 5. The summed E-state index contributed by atoms with van der Waals surface area (Å²) in [6, 6.07) is 13.6. The van der Waals surface area contributed by atoms with Crippen molar-refractivity contribution in [3.8, 4) is 0 Å². The Morgan fingerprint density at radius 1 is 1.08 bits per heavy atom. The second-order valence-electron chi connectivity index (χ2n) is 6.41. The van der Waals surface area contributed by atoms with Crippen LogP contribution in [0.1, 0.15) is 26.3 Å². The van der Waals surface area contributed by atoms with Crippen LogP contribution in [0.2, 0.25) is 0 Å². The molecule has 2 aromatic carbocycles. The maximum atomic E-state index is 11.9. The van der Waals surface area contributed by atoms with E-state index >= 15 is 0 Å². The summed E-state index contributed by atoms with van der Waals surface area (Å²) in [5.41, 5.74) is 1.19. The lowest BCUT2D eigenvalue weighted by atomic mass is 10.1. The Kier molecular flexibility index (Phi) is 5.59. The van der Waals surface area contributed by atoms with E-state index in [2.05, 4.69) is 10.6 Å². The molecule has 25 heavy (non-hydrogen) atoms. The summed E-state index contributed by atoms with van der Waals surface area (Å²) < 4.78 is 5.24. The number of amides is 1. The van der Waals surface area contributed by atoms with E-state index in [1.54, 1.807) is 57.2 Å². The van der Waals surface area contributed by atoms with Crippen LogP contribution in [0.15, 0.2) is 48.5 Å². The van der Waals surface area contributed by atoms with Crippen molar-refractivity contribution in [3.05, 3.63) is 64.2 Å². The van der Waals surface area contributed by atoms with Crippen LogP contribution in [0.3, 0.4) is 0 Å². The van der Waals surface area contributed by atoms with Crippen LogP contribution in [0.25, 0.3) is 0 Å². The second-order valence-corrected chi connectivity index (χ2v) is 6.41. The molecular formula is C18H21N3O4. The van der Waals surface area contributed by atoms with Crippen molar-refractivity contribution < 1.29 is 14.5 Å². The van der Waals surface area contributed by atoms with Crippen LogP contribution in [0, 0.1) is 10.1 Å². The van der Waals surface area contributed by atoms with Crippen molar-refractivity contribution in [3.63, 3.8) is 0 Å². The minimum absolute atomic E-state index is 0.0487. The van der Waals surface area contributed by atoms with E-state index < -0.39 is 16.6 Å². The molecule has 0 radical (unpaired) electrons. The summed E-state index contributed by atoms with van der Waals surface area (Å²) in [7, 11) is 0.